The highest BCUT2D eigenvalue weighted by atomic mass is 79.9. The van der Waals surface area contributed by atoms with Crippen molar-refractivity contribution in [1.29, 1.82) is 0 Å². The zero-order chi connectivity index (χ0) is 8.97. The third kappa shape index (κ3) is 2.74. The van der Waals surface area contributed by atoms with E-state index in [2.05, 4.69) is 20.9 Å². The maximum atomic E-state index is 11.0. The zero-order valence-corrected chi connectivity index (χ0v) is 8.47. The van der Waals surface area contributed by atoms with Crippen LogP contribution in [0.5, 0.6) is 0 Å². The van der Waals surface area contributed by atoms with E-state index in [0.717, 1.165) is 10.2 Å². The molecule has 1 aromatic heterocycles. The third-order valence-electron chi connectivity index (χ3n) is 1.56. The molecule has 0 N–H and O–H groups in total. The smallest absolute Gasteiger partial charge is 0.138 e. The monoisotopic (exact) mass is 227 g/mol. The first-order valence-corrected chi connectivity index (χ1v) is 4.64. The number of nitrogens with zero attached hydrogens (tertiary/aromatic N) is 1. The van der Waals surface area contributed by atoms with E-state index in [0.29, 0.717) is 12.8 Å². The fourth-order valence-corrected chi connectivity index (χ4v) is 1.07. The second kappa shape index (κ2) is 4.36. The fraction of sp³-hybridized carbons (Fsp3) is 0.333. The SMILES string of the molecule is CCC(=O)Cc1ccc(Br)cn1. The molecule has 3 heteroatoms. The predicted molar refractivity (Wildman–Crippen MR) is 50.9 cm³/mol. The topological polar surface area (TPSA) is 30.0 Å². The molecule has 0 atom stereocenters. The van der Waals surface area contributed by atoms with Gasteiger partial charge in [0, 0.05) is 29.2 Å². The van der Waals surface area contributed by atoms with E-state index in [-0.39, 0.29) is 5.78 Å². The van der Waals surface area contributed by atoms with E-state index in [9.17, 15) is 4.79 Å². The molecule has 0 radical (unpaired) electrons. The Morgan fingerprint density at radius 2 is 2.33 bits per heavy atom. The van der Waals surface area contributed by atoms with Gasteiger partial charge in [0.1, 0.15) is 5.78 Å². The van der Waals surface area contributed by atoms with E-state index in [1.54, 1.807) is 6.20 Å². The van der Waals surface area contributed by atoms with Crippen LogP contribution in [-0.4, -0.2) is 10.8 Å². The van der Waals surface area contributed by atoms with Crippen LogP contribution >= 0.6 is 15.9 Å². The summed E-state index contributed by atoms with van der Waals surface area (Å²) in [5.41, 5.74) is 0.838. The zero-order valence-electron chi connectivity index (χ0n) is 6.88. The van der Waals surface area contributed by atoms with Gasteiger partial charge in [0.2, 0.25) is 0 Å². The minimum absolute atomic E-state index is 0.227. The lowest BCUT2D eigenvalue weighted by atomic mass is 10.2. The highest BCUT2D eigenvalue weighted by Gasteiger charge is 2.00. The van der Waals surface area contributed by atoms with Crippen LogP contribution in [0.4, 0.5) is 0 Å². The van der Waals surface area contributed by atoms with Gasteiger partial charge >= 0.3 is 0 Å². The second-order valence-electron chi connectivity index (χ2n) is 2.54. The Labute approximate surface area is 80.1 Å². The quantitative estimate of drug-likeness (QED) is 0.794. The normalized spacial score (nSPS) is 9.83. The lowest BCUT2D eigenvalue weighted by Gasteiger charge is -1.97. The molecule has 0 saturated carbocycles. The number of hydrogen-bond acceptors (Lipinski definition) is 2. The first-order valence-electron chi connectivity index (χ1n) is 3.84. The second-order valence-corrected chi connectivity index (χ2v) is 3.45. The molecule has 0 spiro atoms. The van der Waals surface area contributed by atoms with Crippen molar-refractivity contribution in [2.45, 2.75) is 19.8 Å². The van der Waals surface area contributed by atoms with Gasteiger partial charge in [0.05, 0.1) is 0 Å². The summed E-state index contributed by atoms with van der Waals surface area (Å²) in [6.07, 6.45) is 2.74. The summed E-state index contributed by atoms with van der Waals surface area (Å²) in [7, 11) is 0. The van der Waals surface area contributed by atoms with E-state index in [4.69, 9.17) is 0 Å². The third-order valence-corrected chi connectivity index (χ3v) is 2.03. The van der Waals surface area contributed by atoms with Crippen LogP contribution in [0.3, 0.4) is 0 Å². The number of halogens is 1. The van der Waals surface area contributed by atoms with E-state index < -0.39 is 0 Å². The Balaban J connectivity index is 2.64. The molecule has 2 nitrogen and oxygen atoms in total. The average Bonchev–Trinajstić information content (AvgIpc) is 2.09. The highest BCUT2D eigenvalue weighted by molar-refractivity contribution is 9.10. The van der Waals surface area contributed by atoms with Crippen LogP contribution in [0.1, 0.15) is 19.0 Å². The van der Waals surface area contributed by atoms with Crippen molar-refractivity contribution in [2.75, 3.05) is 0 Å². The van der Waals surface area contributed by atoms with Gasteiger partial charge in [0.15, 0.2) is 0 Å². The highest BCUT2D eigenvalue weighted by Crippen LogP contribution is 2.08. The first-order chi connectivity index (χ1) is 5.72. The van der Waals surface area contributed by atoms with Crippen LogP contribution in [0, 0.1) is 0 Å². The largest absolute Gasteiger partial charge is 0.299 e. The van der Waals surface area contributed by atoms with Gasteiger partial charge in [0.25, 0.3) is 0 Å². The van der Waals surface area contributed by atoms with Gasteiger partial charge < -0.3 is 0 Å². The van der Waals surface area contributed by atoms with Crippen LogP contribution in [0.25, 0.3) is 0 Å². The molecule has 1 heterocycles. The predicted octanol–water partition coefficient (Wildman–Crippen LogP) is 2.37. The number of hydrogen-bond donors (Lipinski definition) is 0. The van der Waals surface area contributed by atoms with Gasteiger partial charge in [-0.1, -0.05) is 6.92 Å². The molecule has 0 amide bonds. The summed E-state index contributed by atoms with van der Waals surface area (Å²) < 4.78 is 0.940. The Kier molecular flexibility index (Phi) is 3.41. The minimum Gasteiger partial charge on any atom is -0.299 e. The summed E-state index contributed by atoms with van der Waals surface area (Å²) in [4.78, 5) is 15.1. The number of carbonyl (C=O) groups excluding carboxylic acids is 1. The minimum atomic E-state index is 0.227. The van der Waals surface area contributed by atoms with Crippen molar-refractivity contribution < 1.29 is 4.79 Å². The maximum Gasteiger partial charge on any atom is 0.138 e. The molecule has 0 saturated heterocycles. The Hall–Kier alpha value is -0.700. The fourth-order valence-electron chi connectivity index (χ4n) is 0.838. The number of ketones is 1. The van der Waals surface area contributed by atoms with E-state index in [1.807, 2.05) is 19.1 Å². The van der Waals surface area contributed by atoms with Crippen molar-refractivity contribution in [3.63, 3.8) is 0 Å². The number of aromatic nitrogens is 1. The molecule has 64 valence electrons. The molecule has 1 rings (SSSR count). The van der Waals surface area contributed by atoms with Crippen molar-refractivity contribution in [3.8, 4) is 0 Å². The summed E-state index contributed by atoms with van der Waals surface area (Å²) in [6.45, 7) is 1.86. The lowest BCUT2D eigenvalue weighted by molar-refractivity contribution is -0.118. The molecule has 12 heavy (non-hydrogen) atoms. The summed E-state index contributed by atoms with van der Waals surface area (Å²) in [6, 6.07) is 3.75. The standard InChI is InChI=1S/C9H10BrNO/c1-2-9(12)5-8-4-3-7(10)6-11-8/h3-4,6H,2,5H2,1H3. The first kappa shape index (κ1) is 9.39. The molecular weight excluding hydrogens is 218 g/mol. The number of pyridine rings is 1. The van der Waals surface area contributed by atoms with Crippen molar-refractivity contribution in [1.82, 2.24) is 4.98 Å². The number of rotatable bonds is 3. The molecule has 1 aromatic rings. The van der Waals surface area contributed by atoms with Gasteiger partial charge in [-0.3, -0.25) is 9.78 Å². The van der Waals surface area contributed by atoms with Crippen molar-refractivity contribution >= 4 is 21.7 Å². The molecule has 0 bridgehead atoms. The summed E-state index contributed by atoms with van der Waals surface area (Å²) in [5, 5.41) is 0. The van der Waals surface area contributed by atoms with E-state index in [1.165, 1.54) is 0 Å². The Bertz CT molecular complexity index is 268. The van der Waals surface area contributed by atoms with Crippen LogP contribution < -0.4 is 0 Å². The molecule has 0 aliphatic heterocycles. The molecule has 0 aliphatic rings. The molecule has 0 fully saturated rings. The Morgan fingerprint density at radius 1 is 1.58 bits per heavy atom. The van der Waals surface area contributed by atoms with E-state index >= 15 is 0 Å². The maximum absolute atomic E-state index is 11.0. The molecule has 0 aromatic carbocycles. The van der Waals surface area contributed by atoms with Gasteiger partial charge in [-0.2, -0.15) is 0 Å². The van der Waals surface area contributed by atoms with Gasteiger partial charge in [-0.05, 0) is 28.1 Å². The average molecular weight is 228 g/mol. The summed E-state index contributed by atoms with van der Waals surface area (Å²) in [5.74, 6) is 0.227. The van der Waals surface area contributed by atoms with Gasteiger partial charge in [-0.25, -0.2) is 0 Å². The van der Waals surface area contributed by atoms with Crippen LogP contribution in [0.15, 0.2) is 22.8 Å². The lowest BCUT2D eigenvalue weighted by Crippen LogP contribution is -2.01. The summed E-state index contributed by atoms with van der Waals surface area (Å²) >= 11 is 3.28. The number of carbonyl (C=O) groups is 1. The molecule has 0 aliphatic carbocycles. The van der Waals surface area contributed by atoms with Crippen molar-refractivity contribution in [2.24, 2.45) is 0 Å². The number of Topliss-reactive ketones (excluding diaryl/α,β-unsaturated/α-hetero) is 1. The molecular formula is C9H10BrNO. The van der Waals surface area contributed by atoms with Crippen LogP contribution in [-0.2, 0) is 11.2 Å². The Morgan fingerprint density at radius 3 is 2.83 bits per heavy atom. The molecule has 0 unspecified atom stereocenters. The van der Waals surface area contributed by atoms with Gasteiger partial charge in [-0.15, -0.1) is 0 Å². The van der Waals surface area contributed by atoms with Crippen molar-refractivity contribution in [3.05, 3.63) is 28.5 Å². The van der Waals surface area contributed by atoms with Crippen LogP contribution in [0.2, 0.25) is 0 Å².